The average molecular weight is 955 g/mol. The van der Waals surface area contributed by atoms with Crippen LogP contribution in [0, 0.1) is 5.92 Å². The highest BCUT2D eigenvalue weighted by molar-refractivity contribution is 5.68. The molecule has 0 aromatic heterocycles. The summed E-state index contributed by atoms with van der Waals surface area (Å²) in [4.78, 5) is 66.4. The van der Waals surface area contributed by atoms with Crippen LogP contribution in [0.5, 0.6) is 0 Å². The third kappa shape index (κ3) is 12.8. The van der Waals surface area contributed by atoms with Gasteiger partial charge in [0.15, 0.2) is 37.2 Å². The minimum atomic E-state index is -3.78. The van der Waals surface area contributed by atoms with Gasteiger partial charge in [0.05, 0.1) is 43.4 Å². The van der Waals surface area contributed by atoms with E-state index in [0.717, 1.165) is 34.6 Å². The van der Waals surface area contributed by atoms with Crippen LogP contribution >= 0.6 is 0 Å². The maximum absolute atomic E-state index is 15.6. The lowest BCUT2D eigenvalue weighted by atomic mass is 9.83. The van der Waals surface area contributed by atoms with Crippen molar-refractivity contribution in [3.8, 4) is 0 Å². The summed E-state index contributed by atoms with van der Waals surface area (Å²) in [5, 5.41) is 21.3. The zero-order valence-electron chi connectivity index (χ0n) is 36.2. The third-order valence-electron chi connectivity index (χ3n) is 10.8. The van der Waals surface area contributed by atoms with E-state index in [9.17, 15) is 41.3 Å². The summed E-state index contributed by atoms with van der Waals surface area (Å²) >= 11 is 0. The quantitative estimate of drug-likeness (QED) is 0.0510. The van der Waals surface area contributed by atoms with Gasteiger partial charge in [0.1, 0.15) is 36.6 Å². The Balaban J connectivity index is 1.87. The highest BCUT2D eigenvalue weighted by atomic mass is 19.3. The van der Waals surface area contributed by atoms with Crippen LogP contribution in [0.3, 0.4) is 0 Å². The molecule has 34 heteroatoms. The number of carbonyl (C=O) groups excluding carboxylic acids is 4. The average Bonchev–Trinajstić information content (AvgIpc) is 3.57. The summed E-state index contributed by atoms with van der Waals surface area (Å²) < 4.78 is 90.2. The molecule has 4 rings (SSSR count). The number of hydrogen-bond acceptors (Lipinski definition) is 20. The van der Waals surface area contributed by atoms with Gasteiger partial charge in [0.25, 0.3) is 5.92 Å². The van der Waals surface area contributed by atoms with E-state index < -0.39 is 159 Å². The summed E-state index contributed by atoms with van der Waals surface area (Å²) in [5.74, 6) is -9.43. The number of carbonyl (C=O) groups is 4. The van der Waals surface area contributed by atoms with E-state index in [1.165, 1.54) is 0 Å². The maximum Gasteiger partial charge on any atom is 0.303 e. The van der Waals surface area contributed by atoms with E-state index in [1.807, 2.05) is 0 Å². The van der Waals surface area contributed by atoms with Gasteiger partial charge in [-0.2, -0.15) is 0 Å². The van der Waals surface area contributed by atoms with Crippen LogP contribution in [0.2, 0.25) is 0 Å². The highest BCUT2D eigenvalue weighted by Crippen LogP contribution is 2.44. The molecule has 1 aliphatic carbocycles. The van der Waals surface area contributed by atoms with Gasteiger partial charge < -0.3 is 47.4 Å². The second-order valence-corrected chi connectivity index (χ2v) is 15.0. The van der Waals surface area contributed by atoms with Crippen molar-refractivity contribution >= 4 is 23.9 Å². The molecular weight excluding hydrogens is 910 g/mol. The standard InChI is InChI=1S/C33H44F2N18O14/c1-7-18-25(66-31-22(47-53-41)27(60-14(5)56)26(59-13(4)55)19(63-31)9-42-48-36)29(61-15(6)57)32(62-18)67-28-23(58-12(3)54)16(44-50-38)8-17(45-51-39)24(28)65-30-21(46-52-40)11(2)33(34,35)20(64-30)10-43-49-37/h11,16-32H,7-10H2,1-6H3. The summed E-state index contributed by atoms with van der Waals surface area (Å²) in [6.45, 7) is 5.10. The van der Waals surface area contributed by atoms with Gasteiger partial charge in [-0.05, 0) is 46.0 Å². The van der Waals surface area contributed by atoms with E-state index in [2.05, 4.69) is 60.2 Å². The van der Waals surface area contributed by atoms with Crippen LogP contribution in [0.1, 0.15) is 54.4 Å². The second-order valence-electron chi connectivity index (χ2n) is 15.0. The Labute approximate surface area is 375 Å². The van der Waals surface area contributed by atoms with Crippen LogP contribution < -0.4 is 0 Å². The third-order valence-corrected chi connectivity index (χ3v) is 10.8. The number of azide groups is 6. The van der Waals surface area contributed by atoms with Gasteiger partial charge in [0.2, 0.25) is 0 Å². The molecule has 3 saturated heterocycles. The van der Waals surface area contributed by atoms with Gasteiger partial charge in [-0.15, -0.1) is 0 Å². The summed E-state index contributed by atoms with van der Waals surface area (Å²) in [6, 6.07) is -6.43. The molecule has 67 heavy (non-hydrogen) atoms. The normalized spacial score (nSPS) is 36.2. The maximum atomic E-state index is 15.6. The van der Waals surface area contributed by atoms with Gasteiger partial charge in [-0.25, -0.2) is 8.78 Å². The minimum absolute atomic E-state index is 0.00982. The van der Waals surface area contributed by atoms with Crippen molar-refractivity contribution in [3.63, 3.8) is 0 Å². The Kier molecular flexibility index (Phi) is 19.2. The molecule has 0 amide bonds. The van der Waals surface area contributed by atoms with Crippen LogP contribution in [0.15, 0.2) is 30.7 Å². The minimum Gasteiger partial charge on any atom is -0.459 e. The predicted molar refractivity (Wildman–Crippen MR) is 212 cm³/mol. The Morgan fingerprint density at radius 2 is 1.01 bits per heavy atom. The number of ether oxygens (including phenoxy) is 10. The molecule has 0 aromatic rings. The van der Waals surface area contributed by atoms with Crippen LogP contribution in [0.25, 0.3) is 62.7 Å². The van der Waals surface area contributed by atoms with Gasteiger partial charge in [-0.1, -0.05) is 44.5 Å². The van der Waals surface area contributed by atoms with Gasteiger partial charge in [-0.3, -0.25) is 19.2 Å². The van der Waals surface area contributed by atoms with E-state index >= 15 is 8.78 Å². The Morgan fingerprint density at radius 3 is 1.57 bits per heavy atom. The smallest absolute Gasteiger partial charge is 0.303 e. The van der Waals surface area contributed by atoms with Gasteiger partial charge in [0, 0.05) is 63.1 Å². The monoisotopic (exact) mass is 954 g/mol. The van der Waals surface area contributed by atoms with Crippen molar-refractivity contribution in [2.45, 2.75) is 164 Å². The van der Waals surface area contributed by atoms with Crippen LogP contribution in [0.4, 0.5) is 8.78 Å². The number of esters is 4. The second kappa shape index (κ2) is 24.2. The Hall–Kier alpha value is -6.64. The Bertz CT molecular complexity index is 2130. The first kappa shape index (κ1) is 53.0. The predicted octanol–water partition coefficient (Wildman–Crippen LogP) is 5.46. The fourth-order valence-corrected chi connectivity index (χ4v) is 8.04. The number of rotatable bonds is 19. The van der Waals surface area contributed by atoms with Crippen molar-refractivity contribution in [2.75, 3.05) is 13.1 Å². The summed E-state index contributed by atoms with van der Waals surface area (Å²) in [5.41, 5.74) is 56.3. The van der Waals surface area contributed by atoms with Crippen molar-refractivity contribution in [3.05, 3.63) is 62.7 Å². The Morgan fingerprint density at radius 1 is 0.552 bits per heavy atom. The first-order valence-electron chi connectivity index (χ1n) is 20.1. The van der Waals surface area contributed by atoms with Gasteiger partial charge >= 0.3 is 23.9 Å². The molecular formula is C33H44F2N18O14. The van der Waals surface area contributed by atoms with E-state index in [1.54, 1.807) is 6.92 Å². The van der Waals surface area contributed by atoms with Crippen molar-refractivity contribution in [1.82, 2.24) is 0 Å². The molecule has 18 atom stereocenters. The molecule has 4 aliphatic rings. The molecule has 0 bridgehead atoms. The lowest BCUT2D eigenvalue weighted by Crippen LogP contribution is -2.64. The lowest BCUT2D eigenvalue weighted by Gasteiger charge is -2.48. The summed E-state index contributed by atoms with van der Waals surface area (Å²) in [6.07, 6.45) is -22.6. The lowest BCUT2D eigenvalue weighted by molar-refractivity contribution is -0.324. The fourth-order valence-electron chi connectivity index (χ4n) is 8.04. The summed E-state index contributed by atoms with van der Waals surface area (Å²) in [7, 11) is 0. The number of alkyl halides is 2. The van der Waals surface area contributed by atoms with Crippen LogP contribution in [-0.2, 0) is 66.5 Å². The molecule has 3 heterocycles. The topological polar surface area (TPSA) is 453 Å². The first-order chi connectivity index (χ1) is 31.9. The molecule has 0 spiro atoms. The number of halogens is 2. The zero-order chi connectivity index (χ0) is 49.6. The van der Waals surface area contributed by atoms with Crippen LogP contribution in [-0.4, -0.2) is 147 Å². The largest absolute Gasteiger partial charge is 0.459 e. The molecule has 0 radical (unpaired) electrons. The fraction of sp³-hybridized carbons (Fsp3) is 0.879. The van der Waals surface area contributed by atoms with Crippen molar-refractivity contribution in [2.24, 2.45) is 36.6 Å². The first-order valence-corrected chi connectivity index (χ1v) is 20.1. The molecule has 1 saturated carbocycles. The molecule has 32 nitrogen and oxygen atoms in total. The molecule has 3 aliphatic heterocycles. The molecule has 364 valence electrons. The SMILES string of the molecule is CCC1OC(OC2C(OC(C)=O)C(N=[N+]=[N-])CC(N=[N+]=[N-])C2OC2OC(CN=[N+]=[N-])C(F)(F)C(C)C2N=[N+]=[N-])C(OC(C)=O)C1OC1OC(CN=[N+]=[N-])C(OC(C)=O)C(OC(C)=O)C1N=[N+]=[N-]. The molecule has 18 unspecified atom stereocenters. The van der Waals surface area contributed by atoms with Crippen molar-refractivity contribution in [1.29, 1.82) is 0 Å². The molecule has 0 aromatic carbocycles. The zero-order valence-corrected chi connectivity index (χ0v) is 36.2. The molecule has 0 N–H and O–H groups in total. The number of nitrogens with zero attached hydrogens (tertiary/aromatic N) is 18. The van der Waals surface area contributed by atoms with E-state index in [-0.39, 0.29) is 6.42 Å². The highest BCUT2D eigenvalue weighted by Gasteiger charge is 2.60. The van der Waals surface area contributed by atoms with Crippen molar-refractivity contribution < 1.29 is 75.3 Å². The number of hydrogen-bond donors (Lipinski definition) is 0. The van der Waals surface area contributed by atoms with E-state index in [0.29, 0.717) is 0 Å². The molecule has 4 fully saturated rings. The van der Waals surface area contributed by atoms with E-state index in [4.69, 9.17) is 58.4 Å².